The van der Waals surface area contributed by atoms with Gasteiger partial charge in [-0.1, -0.05) is 12.1 Å². The van der Waals surface area contributed by atoms with Crippen molar-refractivity contribution in [2.75, 3.05) is 18.5 Å². The van der Waals surface area contributed by atoms with E-state index in [1.807, 2.05) is 12.1 Å². The quantitative estimate of drug-likeness (QED) is 0.388. The summed E-state index contributed by atoms with van der Waals surface area (Å²) in [6.45, 7) is 0.192. The number of phenolic OH excluding ortho intramolecular Hbond substituents is 1. The van der Waals surface area contributed by atoms with E-state index in [0.29, 0.717) is 23.5 Å². The van der Waals surface area contributed by atoms with Crippen molar-refractivity contribution in [2.45, 2.75) is 31.0 Å². The van der Waals surface area contributed by atoms with Crippen LogP contribution in [0.5, 0.6) is 5.75 Å². The Labute approximate surface area is 160 Å². The zero-order chi connectivity index (χ0) is 19.7. The van der Waals surface area contributed by atoms with Gasteiger partial charge in [0.1, 0.15) is 30.4 Å². The minimum absolute atomic E-state index is 0.227. The molecule has 1 aromatic carbocycles. The van der Waals surface area contributed by atoms with Gasteiger partial charge in [0.05, 0.1) is 12.9 Å². The van der Waals surface area contributed by atoms with Crippen LogP contribution in [0, 0.1) is 0 Å². The van der Waals surface area contributed by atoms with E-state index in [4.69, 9.17) is 4.74 Å². The third kappa shape index (κ3) is 3.38. The van der Waals surface area contributed by atoms with E-state index in [1.54, 1.807) is 12.1 Å². The van der Waals surface area contributed by atoms with Crippen LogP contribution in [0.2, 0.25) is 0 Å². The molecular formula is C18H21N5O5. The Morgan fingerprint density at radius 2 is 1.86 bits per heavy atom. The molecule has 5 N–H and O–H groups in total. The number of fused-ring (bicyclic) bond motifs is 1. The minimum atomic E-state index is -1.21. The molecule has 28 heavy (non-hydrogen) atoms. The summed E-state index contributed by atoms with van der Waals surface area (Å²) < 4.78 is 7.07. The number of hydrogen-bond acceptors (Lipinski definition) is 9. The number of benzene rings is 1. The lowest BCUT2D eigenvalue weighted by molar-refractivity contribution is -0.0511. The number of aliphatic hydroxyl groups is 3. The summed E-state index contributed by atoms with van der Waals surface area (Å²) in [5.74, 6) is 0.763. The standard InChI is InChI=1S/C18H21N5O5/c24-7-12-14(26)15(27)18(28-12)23-9-22-13-16(20-8-21-17(13)23)19-6-5-10-1-3-11(25)4-2-10/h1-4,8-9,12,14-15,18,24-27H,5-7H2,(H,19,20,21). The molecule has 0 saturated carbocycles. The lowest BCUT2D eigenvalue weighted by atomic mass is 10.1. The Bertz CT molecular complexity index is 947. The van der Waals surface area contributed by atoms with Gasteiger partial charge < -0.3 is 30.5 Å². The highest BCUT2D eigenvalue weighted by molar-refractivity contribution is 5.82. The average Bonchev–Trinajstić information content (AvgIpc) is 3.25. The molecule has 0 bridgehead atoms. The van der Waals surface area contributed by atoms with E-state index >= 15 is 0 Å². The van der Waals surface area contributed by atoms with Crippen LogP contribution in [0.25, 0.3) is 11.2 Å². The molecule has 3 aromatic rings. The smallest absolute Gasteiger partial charge is 0.167 e. The van der Waals surface area contributed by atoms with E-state index in [0.717, 1.165) is 12.0 Å². The van der Waals surface area contributed by atoms with Gasteiger partial charge in [0.15, 0.2) is 23.2 Å². The minimum Gasteiger partial charge on any atom is -0.508 e. The third-order valence-electron chi connectivity index (χ3n) is 4.79. The molecule has 4 rings (SSSR count). The molecule has 1 fully saturated rings. The third-order valence-corrected chi connectivity index (χ3v) is 4.79. The van der Waals surface area contributed by atoms with Crippen molar-refractivity contribution < 1.29 is 25.2 Å². The monoisotopic (exact) mass is 387 g/mol. The van der Waals surface area contributed by atoms with Crippen molar-refractivity contribution in [3.63, 3.8) is 0 Å². The summed E-state index contributed by atoms with van der Waals surface area (Å²) in [6, 6.07) is 6.98. The van der Waals surface area contributed by atoms with Crippen molar-refractivity contribution in [2.24, 2.45) is 0 Å². The van der Waals surface area contributed by atoms with Gasteiger partial charge in [-0.25, -0.2) is 15.0 Å². The SMILES string of the molecule is OCC1OC(n2cnc3c(NCCc4ccc(O)cc4)ncnc32)C(O)C1O. The first-order valence-electron chi connectivity index (χ1n) is 8.90. The number of rotatable bonds is 6. The van der Waals surface area contributed by atoms with Gasteiger partial charge in [0.2, 0.25) is 0 Å². The number of aliphatic hydroxyl groups excluding tert-OH is 3. The number of nitrogens with zero attached hydrogens (tertiary/aromatic N) is 4. The van der Waals surface area contributed by atoms with Crippen molar-refractivity contribution in [3.05, 3.63) is 42.5 Å². The van der Waals surface area contributed by atoms with Crippen LogP contribution in [0.3, 0.4) is 0 Å². The van der Waals surface area contributed by atoms with E-state index in [1.165, 1.54) is 17.2 Å². The van der Waals surface area contributed by atoms with E-state index in [9.17, 15) is 20.4 Å². The van der Waals surface area contributed by atoms with Crippen molar-refractivity contribution in [1.82, 2.24) is 19.5 Å². The molecule has 1 aliphatic rings. The van der Waals surface area contributed by atoms with Crippen molar-refractivity contribution in [3.8, 4) is 5.75 Å². The Kier molecular flexibility index (Phi) is 5.09. The number of anilines is 1. The fourth-order valence-electron chi connectivity index (χ4n) is 3.27. The lowest BCUT2D eigenvalue weighted by Crippen LogP contribution is -2.33. The lowest BCUT2D eigenvalue weighted by Gasteiger charge is -2.16. The van der Waals surface area contributed by atoms with Crippen LogP contribution in [0.15, 0.2) is 36.9 Å². The number of phenols is 1. The van der Waals surface area contributed by atoms with Crippen LogP contribution in [0.1, 0.15) is 11.8 Å². The average molecular weight is 387 g/mol. The van der Waals surface area contributed by atoms with Gasteiger partial charge in [-0.2, -0.15) is 0 Å². The molecule has 10 nitrogen and oxygen atoms in total. The molecule has 4 atom stereocenters. The molecule has 0 spiro atoms. The highest BCUT2D eigenvalue weighted by Gasteiger charge is 2.44. The number of imidazole rings is 1. The number of aromatic hydroxyl groups is 1. The normalized spacial score (nSPS) is 24.7. The molecule has 1 aliphatic heterocycles. The molecule has 0 aliphatic carbocycles. The van der Waals surface area contributed by atoms with Crippen LogP contribution >= 0.6 is 0 Å². The summed E-state index contributed by atoms with van der Waals surface area (Å²) in [4.78, 5) is 12.8. The Hall–Kier alpha value is -2.79. The predicted octanol–water partition coefficient (Wildman–Crippen LogP) is -0.202. The second kappa shape index (κ2) is 7.68. The Morgan fingerprint density at radius 1 is 1.07 bits per heavy atom. The molecule has 0 amide bonds. The van der Waals surface area contributed by atoms with Gasteiger partial charge in [-0.3, -0.25) is 4.57 Å². The molecule has 148 valence electrons. The fourth-order valence-corrected chi connectivity index (χ4v) is 3.27. The van der Waals surface area contributed by atoms with Gasteiger partial charge in [-0.05, 0) is 24.1 Å². The van der Waals surface area contributed by atoms with Crippen LogP contribution in [-0.4, -0.2) is 71.4 Å². The maximum atomic E-state index is 10.2. The van der Waals surface area contributed by atoms with E-state index in [-0.39, 0.29) is 5.75 Å². The number of ether oxygens (including phenoxy) is 1. The Morgan fingerprint density at radius 3 is 2.57 bits per heavy atom. The zero-order valence-corrected chi connectivity index (χ0v) is 14.9. The number of aromatic nitrogens is 4. The molecule has 1 saturated heterocycles. The van der Waals surface area contributed by atoms with Gasteiger partial charge in [-0.15, -0.1) is 0 Å². The summed E-state index contributed by atoms with van der Waals surface area (Å²) in [5, 5.41) is 42.0. The van der Waals surface area contributed by atoms with Gasteiger partial charge in [0.25, 0.3) is 0 Å². The highest BCUT2D eigenvalue weighted by atomic mass is 16.6. The van der Waals surface area contributed by atoms with Crippen LogP contribution in [-0.2, 0) is 11.2 Å². The van der Waals surface area contributed by atoms with Gasteiger partial charge >= 0.3 is 0 Å². The zero-order valence-electron chi connectivity index (χ0n) is 14.9. The molecule has 2 aromatic heterocycles. The first-order chi connectivity index (χ1) is 13.6. The van der Waals surface area contributed by atoms with Crippen molar-refractivity contribution >= 4 is 17.0 Å². The highest BCUT2D eigenvalue weighted by Crippen LogP contribution is 2.32. The van der Waals surface area contributed by atoms with E-state index in [2.05, 4.69) is 20.3 Å². The van der Waals surface area contributed by atoms with E-state index < -0.39 is 31.1 Å². The predicted molar refractivity (Wildman–Crippen MR) is 98.6 cm³/mol. The van der Waals surface area contributed by atoms with Crippen LogP contribution < -0.4 is 5.32 Å². The summed E-state index contributed by atoms with van der Waals surface area (Å²) >= 11 is 0. The molecule has 0 radical (unpaired) electrons. The van der Waals surface area contributed by atoms with Crippen molar-refractivity contribution in [1.29, 1.82) is 0 Å². The molecule has 3 heterocycles. The van der Waals surface area contributed by atoms with Crippen LogP contribution in [0.4, 0.5) is 5.82 Å². The number of hydrogen-bond donors (Lipinski definition) is 5. The first-order valence-corrected chi connectivity index (χ1v) is 8.90. The fraction of sp³-hybridized carbons (Fsp3) is 0.389. The second-order valence-electron chi connectivity index (χ2n) is 6.62. The molecular weight excluding hydrogens is 366 g/mol. The maximum Gasteiger partial charge on any atom is 0.167 e. The topological polar surface area (TPSA) is 146 Å². The second-order valence-corrected chi connectivity index (χ2v) is 6.62. The molecule has 10 heteroatoms. The Balaban J connectivity index is 1.51. The number of nitrogens with one attached hydrogen (secondary N) is 1. The summed E-state index contributed by atoms with van der Waals surface area (Å²) in [7, 11) is 0. The molecule has 4 unspecified atom stereocenters. The summed E-state index contributed by atoms with van der Waals surface area (Å²) in [5.41, 5.74) is 2.01. The largest absolute Gasteiger partial charge is 0.508 e. The first kappa shape index (κ1) is 18.6. The maximum absolute atomic E-state index is 10.2. The van der Waals surface area contributed by atoms with Gasteiger partial charge in [0, 0.05) is 6.54 Å². The summed E-state index contributed by atoms with van der Waals surface area (Å²) in [6.07, 6.45) is -0.622.